The first-order chi connectivity index (χ1) is 23.1. The number of hydrogen-bond acceptors (Lipinski definition) is 6. The Balaban J connectivity index is 0.00000833. The molecule has 0 spiro atoms. The van der Waals surface area contributed by atoms with E-state index < -0.39 is 23.3 Å². The highest BCUT2D eigenvalue weighted by atomic mass is 35.5. The SMILES string of the molecule is CCCN(CCC)C(=O)C1=CC(C(N)=O)([C@H](Cc2ccccc2)[C@@H](O)CNCc2cccc(OC)c2)CC(C(=O)N(CCC)CCC)=C1.Cl. The van der Waals surface area contributed by atoms with Gasteiger partial charge in [-0.25, -0.2) is 0 Å². The molecule has 4 N–H and O–H groups in total. The molecule has 2 aromatic rings. The number of ether oxygens (including phenoxy) is 1. The standard InChI is InChI=1S/C39H56N4O5.ClH/c1-6-18-42(19-7-2)36(45)31-24-32(37(46)43(20-8-3)21-9-4)26-39(25-31,38(40)47)34(23-29-14-11-10-12-15-29)35(44)28-41-27-30-16-13-17-33(22-30)48-5;/h10-17,22,24-25,34-35,41,44H,6-9,18-21,23,26-28H2,1-5H3,(H2,40,47);1H/t34-,35+,39?;/m1./s1. The van der Waals surface area contributed by atoms with E-state index in [1.165, 1.54) is 0 Å². The number of methoxy groups -OCH3 is 1. The summed E-state index contributed by atoms with van der Waals surface area (Å²) in [4.78, 5) is 45.8. The number of nitrogens with two attached hydrogens (primary N) is 1. The number of benzene rings is 2. The average molecular weight is 697 g/mol. The zero-order valence-electron chi connectivity index (χ0n) is 30.0. The number of hydrogen-bond donors (Lipinski definition) is 3. The number of amides is 3. The van der Waals surface area contributed by atoms with Gasteiger partial charge in [-0.3, -0.25) is 14.4 Å². The summed E-state index contributed by atoms with van der Waals surface area (Å²) < 4.78 is 5.36. The molecule has 0 saturated carbocycles. The van der Waals surface area contributed by atoms with E-state index in [0.29, 0.717) is 44.7 Å². The molecule has 0 bridgehead atoms. The summed E-state index contributed by atoms with van der Waals surface area (Å²) in [5.74, 6) is -1.13. The number of rotatable bonds is 20. The summed E-state index contributed by atoms with van der Waals surface area (Å²) >= 11 is 0. The zero-order valence-corrected chi connectivity index (χ0v) is 30.8. The molecule has 1 aliphatic carbocycles. The van der Waals surface area contributed by atoms with Crippen LogP contribution in [-0.4, -0.2) is 78.6 Å². The van der Waals surface area contributed by atoms with Crippen molar-refractivity contribution in [1.82, 2.24) is 15.1 Å². The van der Waals surface area contributed by atoms with Crippen LogP contribution in [0.2, 0.25) is 0 Å². The molecule has 0 aromatic heterocycles. The monoisotopic (exact) mass is 696 g/mol. The first kappa shape index (κ1) is 41.5. The summed E-state index contributed by atoms with van der Waals surface area (Å²) in [5, 5.41) is 15.3. The van der Waals surface area contributed by atoms with Gasteiger partial charge in [0.15, 0.2) is 0 Å². The van der Waals surface area contributed by atoms with E-state index in [4.69, 9.17) is 10.5 Å². The first-order valence-corrected chi connectivity index (χ1v) is 17.5. The van der Waals surface area contributed by atoms with Crippen LogP contribution in [0.4, 0.5) is 0 Å². The third-order valence-corrected chi connectivity index (χ3v) is 9.00. The van der Waals surface area contributed by atoms with E-state index in [0.717, 1.165) is 42.6 Å². The molecule has 10 heteroatoms. The molecule has 9 nitrogen and oxygen atoms in total. The van der Waals surface area contributed by atoms with Crippen LogP contribution in [0.1, 0.15) is 70.9 Å². The Bertz CT molecular complexity index is 1400. The minimum absolute atomic E-state index is 0. The molecule has 0 saturated heterocycles. The van der Waals surface area contributed by atoms with E-state index in [1.54, 1.807) is 29.1 Å². The van der Waals surface area contributed by atoms with E-state index in [1.807, 2.05) is 82.3 Å². The highest BCUT2D eigenvalue weighted by molar-refractivity contribution is 6.04. The molecule has 0 aliphatic heterocycles. The van der Waals surface area contributed by atoms with Crippen molar-refractivity contribution in [3.8, 4) is 5.75 Å². The molecule has 0 heterocycles. The Morgan fingerprint density at radius 1 is 0.878 bits per heavy atom. The largest absolute Gasteiger partial charge is 0.497 e. The second kappa shape index (κ2) is 20.8. The van der Waals surface area contributed by atoms with Crippen LogP contribution < -0.4 is 15.8 Å². The maximum Gasteiger partial charge on any atom is 0.253 e. The first-order valence-electron chi connectivity index (χ1n) is 17.5. The molecule has 49 heavy (non-hydrogen) atoms. The van der Waals surface area contributed by atoms with Gasteiger partial charge in [-0.2, -0.15) is 0 Å². The molecule has 0 radical (unpaired) electrons. The fraction of sp³-hybridized carbons (Fsp3) is 0.513. The Kier molecular flexibility index (Phi) is 17.6. The number of nitrogens with one attached hydrogen (secondary N) is 1. The van der Waals surface area contributed by atoms with Gasteiger partial charge in [0.1, 0.15) is 5.75 Å². The van der Waals surface area contributed by atoms with Crippen LogP contribution in [0.5, 0.6) is 5.75 Å². The van der Waals surface area contributed by atoms with Crippen molar-refractivity contribution in [3.05, 3.63) is 89.0 Å². The van der Waals surface area contributed by atoms with Crippen LogP contribution in [0.25, 0.3) is 0 Å². The summed E-state index contributed by atoms with van der Waals surface area (Å²) in [6.45, 7) is 10.9. The normalized spacial score (nSPS) is 16.8. The third-order valence-electron chi connectivity index (χ3n) is 9.00. The van der Waals surface area contributed by atoms with Gasteiger partial charge in [-0.1, -0.05) is 76.2 Å². The van der Waals surface area contributed by atoms with E-state index in [2.05, 4.69) is 5.32 Å². The van der Waals surface area contributed by atoms with E-state index >= 15 is 0 Å². The summed E-state index contributed by atoms with van der Waals surface area (Å²) in [7, 11) is 1.62. The Morgan fingerprint density at radius 2 is 1.45 bits per heavy atom. The molecule has 3 atom stereocenters. The summed E-state index contributed by atoms with van der Waals surface area (Å²) in [6.07, 6.45) is 5.67. The van der Waals surface area contributed by atoms with Crippen LogP contribution >= 0.6 is 12.4 Å². The van der Waals surface area contributed by atoms with Crippen molar-refractivity contribution >= 4 is 30.1 Å². The average Bonchev–Trinajstić information content (AvgIpc) is 3.10. The van der Waals surface area contributed by atoms with Gasteiger partial charge in [0.2, 0.25) is 11.8 Å². The lowest BCUT2D eigenvalue weighted by molar-refractivity contribution is -0.132. The smallest absolute Gasteiger partial charge is 0.253 e. The second-order valence-electron chi connectivity index (χ2n) is 12.8. The molecular weight excluding hydrogens is 640 g/mol. The molecule has 0 fully saturated rings. The zero-order chi connectivity index (χ0) is 35.1. The van der Waals surface area contributed by atoms with Crippen LogP contribution in [-0.2, 0) is 27.3 Å². The predicted molar refractivity (Wildman–Crippen MR) is 198 cm³/mol. The van der Waals surface area contributed by atoms with Gasteiger partial charge in [0, 0.05) is 56.3 Å². The van der Waals surface area contributed by atoms with E-state index in [-0.39, 0.29) is 42.8 Å². The maximum atomic E-state index is 14.2. The molecular formula is C39H57ClN4O5. The quantitative estimate of drug-likeness (QED) is 0.169. The second-order valence-corrected chi connectivity index (χ2v) is 12.8. The Morgan fingerprint density at radius 3 is 2.00 bits per heavy atom. The van der Waals surface area contributed by atoms with Crippen molar-refractivity contribution in [1.29, 1.82) is 0 Å². The third kappa shape index (κ3) is 11.2. The Hall–Kier alpha value is -3.66. The number of primary amides is 1. The van der Waals surface area contributed by atoms with E-state index in [9.17, 15) is 19.5 Å². The topological polar surface area (TPSA) is 125 Å². The minimum Gasteiger partial charge on any atom is -0.497 e. The fourth-order valence-electron chi connectivity index (χ4n) is 6.68. The van der Waals surface area contributed by atoms with Crippen molar-refractivity contribution in [2.45, 2.75) is 78.9 Å². The van der Waals surface area contributed by atoms with Crippen molar-refractivity contribution < 1.29 is 24.2 Å². The number of carbonyl (C=O) groups excluding carboxylic acids is 3. The van der Waals surface area contributed by atoms with Crippen molar-refractivity contribution in [3.63, 3.8) is 0 Å². The highest BCUT2D eigenvalue weighted by Gasteiger charge is 2.49. The number of nitrogens with zero attached hydrogens (tertiary/aromatic N) is 2. The predicted octanol–water partition coefficient (Wildman–Crippen LogP) is 5.45. The van der Waals surface area contributed by atoms with Crippen molar-refractivity contribution in [2.24, 2.45) is 17.1 Å². The molecule has 270 valence electrons. The summed E-state index contributed by atoms with van der Waals surface area (Å²) in [5.41, 5.74) is 7.37. The Labute approximate surface area is 299 Å². The molecule has 3 amide bonds. The molecule has 3 rings (SSSR count). The van der Waals surface area contributed by atoms with Crippen LogP contribution in [0, 0.1) is 11.3 Å². The highest BCUT2D eigenvalue weighted by Crippen LogP contribution is 2.45. The van der Waals surface area contributed by atoms with Gasteiger partial charge in [0.05, 0.1) is 18.6 Å². The fourth-order valence-corrected chi connectivity index (χ4v) is 6.68. The number of aliphatic hydroxyl groups excluding tert-OH is 1. The van der Waals surface area contributed by atoms with Gasteiger partial charge >= 0.3 is 0 Å². The maximum absolute atomic E-state index is 14.2. The number of carbonyl (C=O) groups is 3. The number of halogens is 1. The van der Waals surface area contributed by atoms with Gasteiger partial charge < -0.3 is 30.7 Å². The van der Waals surface area contributed by atoms with Gasteiger partial charge in [0.25, 0.3) is 5.91 Å². The lowest BCUT2D eigenvalue weighted by atomic mass is 9.63. The lowest BCUT2D eigenvalue weighted by Gasteiger charge is -2.42. The van der Waals surface area contributed by atoms with Crippen LogP contribution in [0.15, 0.2) is 77.9 Å². The summed E-state index contributed by atoms with van der Waals surface area (Å²) in [6, 6.07) is 17.3. The molecule has 1 aliphatic rings. The van der Waals surface area contributed by atoms with Crippen LogP contribution in [0.3, 0.4) is 0 Å². The molecule has 2 aromatic carbocycles. The van der Waals surface area contributed by atoms with Crippen molar-refractivity contribution in [2.75, 3.05) is 39.8 Å². The molecule has 1 unspecified atom stereocenters. The lowest BCUT2D eigenvalue weighted by Crippen LogP contribution is -2.52. The minimum atomic E-state index is -1.51. The van der Waals surface area contributed by atoms with Gasteiger partial charge in [-0.05, 0) is 67.9 Å². The van der Waals surface area contributed by atoms with Gasteiger partial charge in [-0.15, -0.1) is 12.4 Å². The number of aliphatic hydroxyl groups is 1.